The quantitative estimate of drug-likeness (QED) is 0.816. The summed E-state index contributed by atoms with van der Waals surface area (Å²) in [5, 5.41) is 3.27. The van der Waals surface area contributed by atoms with Gasteiger partial charge in [0.05, 0.1) is 29.5 Å². The van der Waals surface area contributed by atoms with Gasteiger partial charge in [0.1, 0.15) is 5.69 Å². The number of hydrogen-bond donors (Lipinski definition) is 1. The normalized spacial score (nSPS) is 25.0. The lowest BCUT2D eigenvalue weighted by molar-refractivity contribution is 0.0702. The molecular weight excluding hydrogens is 342 g/mol. The summed E-state index contributed by atoms with van der Waals surface area (Å²) in [6.45, 7) is 3.89. The highest BCUT2D eigenvalue weighted by Crippen LogP contribution is 2.20. The van der Waals surface area contributed by atoms with Crippen LogP contribution in [0.25, 0.3) is 0 Å². The zero-order chi connectivity index (χ0) is 17.9. The van der Waals surface area contributed by atoms with Crippen molar-refractivity contribution in [3.05, 3.63) is 24.0 Å². The number of amides is 1. The molecule has 0 radical (unpaired) electrons. The monoisotopic (exact) mass is 367 g/mol. The van der Waals surface area contributed by atoms with E-state index in [1.54, 1.807) is 17.2 Å². The van der Waals surface area contributed by atoms with Gasteiger partial charge in [0.15, 0.2) is 9.84 Å². The molecule has 0 aromatic carbocycles. The third-order valence-corrected chi connectivity index (χ3v) is 6.54. The summed E-state index contributed by atoms with van der Waals surface area (Å²) in [5.74, 6) is -0.00975. The SMILES string of the molecule is CCN(C(=O)c1ccc(NCC2CCCO2)cn1)C1CCS(=O)(=O)C1. The number of sulfone groups is 1. The molecule has 2 aliphatic rings. The van der Waals surface area contributed by atoms with E-state index in [-0.39, 0.29) is 29.6 Å². The summed E-state index contributed by atoms with van der Waals surface area (Å²) in [5.41, 5.74) is 1.19. The standard InChI is InChI=1S/C17H25N3O4S/c1-2-20(14-7-9-25(22,23)12-14)17(21)16-6-5-13(10-19-16)18-11-15-4-3-8-24-15/h5-6,10,14-15,18H,2-4,7-9,11-12H2,1H3. The van der Waals surface area contributed by atoms with Crippen LogP contribution in [0, 0.1) is 0 Å². The minimum absolute atomic E-state index is 0.0492. The Hall–Kier alpha value is -1.67. The van der Waals surface area contributed by atoms with Crippen LogP contribution in [0.2, 0.25) is 0 Å². The number of anilines is 1. The number of pyridine rings is 1. The third-order valence-electron chi connectivity index (χ3n) is 4.79. The number of nitrogens with one attached hydrogen (secondary N) is 1. The van der Waals surface area contributed by atoms with Crippen LogP contribution >= 0.6 is 0 Å². The van der Waals surface area contributed by atoms with Crippen molar-refractivity contribution in [3.63, 3.8) is 0 Å². The van der Waals surface area contributed by atoms with Crippen molar-refractivity contribution in [2.75, 3.05) is 36.5 Å². The first-order valence-corrected chi connectivity index (χ1v) is 10.6. The summed E-state index contributed by atoms with van der Waals surface area (Å²) in [6, 6.07) is 3.27. The summed E-state index contributed by atoms with van der Waals surface area (Å²) in [7, 11) is -3.02. The summed E-state index contributed by atoms with van der Waals surface area (Å²) >= 11 is 0. The molecule has 2 unspecified atom stereocenters. The van der Waals surface area contributed by atoms with E-state index >= 15 is 0 Å². The van der Waals surface area contributed by atoms with E-state index in [0.29, 0.717) is 18.7 Å². The summed E-state index contributed by atoms with van der Waals surface area (Å²) in [6.07, 6.45) is 4.54. The van der Waals surface area contributed by atoms with E-state index in [9.17, 15) is 13.2 Å². The van der Waals surface area contributed by atoms with Gasteiger partial charge in [0.2, 0.25) is 0 Å². The van der Waals surface area contributed by atoms with Gasteiger partial charge in [-0.25, -0.2) is 13.4 Å². The zero-order valence-electron chi connectivity index (χ0n) is 14.5. The molecule has 2 atom stereocenters. The number of hydrogen-bond acceptors (Lipinski definition) is 6. The average Bonchev–Trinajstić information content (AvgIpc) is 3.23. The van der Waals surface area contributed by atoms with Crippen molar-refractivity contribution in [1.82, 2.24) is 9.88 Å². The zero-order valence-corrected chi connectivity index (χ0v) is 15.3. The lowest BCUT2D eigenvalue weighted by Crippen LogP contribution is -2.41. The first kappa shape index (κ1) is 18.1. The Balaban J connectivity index is 1.61. The number of aromatic nitrogens is 1. The largest absolute Gasteiger partial charge is 0.381 e. The van der Waals surface area contributed by atoms with Crippen LogP contribution in [0.3, 0.4) is 0 Å². The molecule has 1 aromatic heterocycles. The highest BCUT2D eigenvalue weighted by Gasteiger charge is 2.34. The van der Waals surface area contributed by atoms with Gasteiger partial charge in [-0.3, -0.25) is 4.79 Å². The predicted octanol–water partition coefficient (Wildman–Crippen LogP) is 1.32. The first-order valence-electron chi connectivity index (χ1n) is 8.81. The lowest BCUT2D eigenvalue weighted by Gasteiger charge is -2.26. The Bertz CT molecular complexity index is 699. The van der Waals surface area contributed by atoms with Gasteiger partial charge >= 0.3 is 0 Å². The first-order chi connectivity index (χ1) is 12.0. The second-order valence-corrected chi connectivity index (χ2v) is 8.82. The molecule has 7 nitrogen and oxygen atoms in total. The molecule has 0 saturated carbocycles. The van der Waals surface area contributed by atoms with E-state index < -0.39 is 9.84 Å². The molecule has 3 heterocycles. The van der Waals surface area contributed by atoms with Crippen LogP contribution in [0.4, 0.5) is 5.69 Å². The maximum Gasteiger partial charge on any atom is 0.272 e. The predicted molar refractivity (Wildman–Crippen MR) is 95.5 cm³/mol. The van der Waals surface area contributed by atoms with Gasteiger partial charge in [-0.2, -0.15) is 0 Å². The molecule has 2 saturated heterocycles. The van der Waals surface area contributed by atoms with Crippen molar-refractivity contribution in [1.29, 1.82) is 0 Å². The van der Waals surface area contributed by atoms with E-state index in [1.807, 2.05) is 13.0 Å². The third kappa shape index (κ3) is 4.49. The van der Waals surface area contributed by atoms with Gasteiger partial charge in [-0.1, -0.05) is 0 Å². The molecule has 2 fully saturated rings. The minimum atomic E-state index is -3.02. The Morgan fingerprint density at radius 1 is 1.40 bits per heavy atom. The van der Waals surface area contributed by atoms with Gasteiger partial charge in [-0.15, -0.1) is 0 Å². The van der Waals surface area contributed by atoms with Crippen molar-refractivity contribution >= 4 is 21.4 Å². The molecule has 0 spiro atoms. The van der Waals surface area contributed by atoms with Crippen molar-refractivity contribution in [2.24, 2.45) is 0 Å². The summed E-state index contributed by atoms with van der Waals surface area (Å²) in [4.78, 5) is 18.6. The number of ether oxygens (including phenoxy) is 1. The van der Waals surface area contributed by atoms with Crippen molar-refractivity contribution < 1.29 is 17.9 Å². The Labute approximate surface area is 148 Å². The van der Waals surface area contributed by atoms with E-state index in [1.165, 1.54) is 0 Å². The molecule has 1 N–H and O–H groups in total. The fraction of sp³-hybridized carbons (Fsp3) is 0.647. The highest BCUT2D eigenvalue weighted by atomic mass is 32.2. The number of carbonyl (C=O) groups is 1. The van der Waals surface area contributed by atoms with Crippen molar-refractivity contribution in [3.8, 4) is 0 Å². The van der Waals surface area contributed by atoms with Gasteiger partial charge < -0.3 is 15.0 Å². The van der Waals surface area contributed by atoms with Crippen LogP contribution in [0.5, 0.6) is 0 Å². The molecule has 1 aromatic rings. The molecule has 8 heteroatoms. The van der Waals surface area contributed by atoms with Crippen LogP contribution in [0.1, 0.15) is 36.7 Å². The van der Waals surface area contributed by atoms with Crippen molar-refractivity contribution in [2.45, 2.75) is 38.3 Å². The maximum absolute atomic E-state index is 12.7. The fourth-order valence-corrected chi connectivity index (χ4v) is 5.13. The molecule has 0 bridgehead atoms. The smallest absolute Gasteiger partial charge is 0.272 e. The van der Waals surface area contributed by atoms with Gasteiger partial charge in [-0.05, 0) is 38.3 Å². The number of rotatable bonds is 6. The lowest BCUT2D eigenvalue weighted by atomic mass is 10.2. The molecule has 3 rings (SSSR count). The molecule has 2 aliphatic heterocycles. The van der Waals surface area contributed by atoms with E-state index in [0.717, 1.165) is 31.7 Å². The van der Waals surface area contributed by atoms with Crippen LogP contribution < -0.4 is 5.32 Å². The topological polar surface area (TPSA) is 88.6 Å². The molecule has 25 heavy (non-hydrogen) atoms. The van der Waals surface area contributed by atoms with Crippen LogP contribution in [-0.4, -0.2) is 67.6 Å². The maximum atomic E-state index is 12.7. The number of carbonyl (C=O) groups excluding carboxylic acids is 1. The Morgan fingerprint density at radius 2 is 2.24 bits per heavy atom. The summed E-state index contributed by atoms with van der Waals surface area (Å²) < 4.78 is 28.9. The second-order valence-electron chi connectivity index (χ2n) is 6.60. The second kappa shape index (κ2) is 7.70. The average molecular weight is 367 g/mol. The van der Waals surface area contributed by atoms with Crippen LogP contribution in [0.15, 0.2) is 18.3 Å². The number of nitrogens with zero attached hydrogens (tertiary/aromatic N) is 2. The van der Waals surface area contributed by atoms with Gasteiger partial charge in [0, 0.05) is 25.7 Å². The van der Waals surface area contributed by atoms with E-state index in [4.69, 9.17) is 4.74 Å². The Kier molecular flexibility index (Phi) is 5.58. The molecule has 0 aliphatic carbocycles. The molecule has 1 amide bonds. The fourth-order valence-electron chi connectivity index (χ4n) is 3.40. The Morgan fingerprint density at radius 3 is 2.80 bits per heavy atom. The van der Waals surface area contributed by atoms with E-state index in [2.05, 4.69) is 10.3 Å². The minimum Gasteiger partial charge on any atom is -0.381 e. The van der Waals surface area contributed by atoms with Gasteiger partial charge in [0.25, 0.3) is 5.91 Å². The molecule has 138 valence electrons. The van der Waals surface area contributed by atoms with Crippen LogP contribution in [-0.2, 0) is 14.6 Å². The molecular formula is C17H25N3O4S. The highest BCUT2D eigenvalue weighted by molar-refractivity contribution is 7.91.